The van der Waals surface area contributed by atoms with Gasteiger partial charge < -0.3 is 15.7 Å². The average molecular weight is 312 g/mol. The normalized spacial score (nSPS) is 11.6. The minimum atomic E-state index is -0.724. The van der Waals surface area contributed by atoms with Gasteiger partial charge in [-0.3, -0.25) is 9.59 Å². The van der Waals surface area contributed by atoms with Crippen molar-refractivity contribution in [2.75, 3.05) is 11.9 Å². The highest BCUT2D eigenvalue weighted by Crippen LogP contribution is 2.27. The molecule has 0 radical (unpaired) electrons. The highest BCUT2D eigenvalue weighted by atomic mass is 16.3. The summed E-state index contributed by atoms with van der Waals surface area (Å²) in [5, 5.41) is 14.0. The summed E-state index contributed by atoms with van der Waals surface area (Å²) in [6, 6.07) is 16.7. The van der Waals surface area contributed by atoms with Crippen LogP contribution < -0.4 is 10.6 Å². The van der Waals surface area contributed by atoms with Crippen LogP contribution in [0.1, 0.15) is 13.3 Å². The Kier molecular flexibility index (Phi) is 5.88. The van der Waals surface area contributed by atoms with Gasteiger partial charge in [0.15, 0.2) is 0 Å². The number of para-hydroxylation sites is 1. The van der Waals surface area contributed by atoms with E-state index >= 15 is 0 Å². The topological polar surface area (TPSA) is 78.4 Å². The van der Waals surface area contributed by atoms with E-state index in [4.69, 9.17) is 5.11 Å². The van der Waals surface area contributed by atoms with Crippen LogP contribution in [-0.4, -0.2) is 29.6 Å². The maximum absolute atomic E-state index is 12.1. The van der Waals surface area contributed by atoms with E-state index in [1.165, 1.54) is 0 Å². The minimum Gasteiger partial charge on any atom is -0.396 e. The molecule has 5 heteroatoms. The Morgan fingerprint density at radius 3 is 2.35 bits per heavy atom. The summed E-state index contributed by atoms with van der Waals surface area (Å²) in [4.78, 5) is 23.9. The molecule has 1 atom stereocenters. The molecular weight excluding hydrogens is 292 g/mol. The molecular formula is C18H20N2O3. The first-order valence-electron chi connectivity index (χ1n) is 7.49. The molecule has 0 aliphatic heterocycles. The highest BCUT2D eigenvalue weighted by Gasteiger charge is 2.17. The fourth-order valence-corrected chi connectivity index (χ4v) is 2.20. The third-order valence-corrected chi connectivity index (χ3v) is 3.41. The van der Waals surface area contributed by atoms with Gasteiger partial charge in [-0.15, -0.1) is 0 Å². The number of hydrogen-bond donors (Lipinski definition) is 3. The Morgan fingerprint density at radius 2 is 1.65 bits per heavy atom. The van der Waals surface area contributed by atoms with Crippen molar-refractivity contribution < 1.29 is 14.7 Å². The fraction of sp³-hybridized carbons (Fsp3) is 0.222. The quantitative estimate of drug-likeness (QED) is 0.741. The summed E-state index contributed by atoms with van der Waals surface area (Å²) >= 11 is 0. The van der Waals surface area contributed by atoms with Gasteiger partial charge in [0, 0.05) is 23.9 Å². The van der Waals surface area contributed by atoms with Crippen LogP contribution in [0.3, 0.4) is 0 Å². The van der Waals surface area contributed by atoms with Crippen LogP contribution in [0.5, 0.6) is 0 Å². The molecule has 0 fully saturated rings. The first kappa shape index (κ1) is 16.7. The monoisotopic (exact) mass is 312 g/mol. The van der Waals surface area contributed by atoms with E-state index in [2.05, 4.69) is 10.6 Å². The van der Waals surface area contributed by atoms with Crippen molar-refractivity contribution >= 4 is 17.5 Å². The van der Waals surface area contributed by atoms with Gasteiger partial charge in [-0.2, -0.15) is 0 Å². The lowest BCUT2D eigenvalue weighted by atomic mass is 10.0. The maximum atomic E-state index is 12.1. The molecule has 2 amide bonds. The molecule has 0 saturated carbocycles. The molecule has 0 saturated heterocycles. The number of hydrogen-bond acceptors (Lipinski definition) is 3. The summed E-state index contributed by atoms with van der Waals surface area (Å²) < 4.78 is 0. The third kappa shape index (κ3) is 4.66. The number of benzene rings is 2. The summed E-state index contributed by atoms with van der Waals surface area (Å²) in [5.74, 6) is -1.44. The van der Waals surface area contributed by atoms with E-state index in [1.54, 1.807) is 19.1 Å². The molecule has 0 aromatic heterocycles. The second-order valence-corrected chi connectivity index (χ2v) is 5.25. The van der Waals surface area contributed by atoms with Crippen molar-refractivity contribution in [3.63, 3.8) is 0 Å². The molecule has 23 heavy (non-hydrogen) atoms. The van der Waals surface area contributed by atoms with Crippen LogP contribution in [-0.2, 0) is 9.59 Å². The van der Waals surface area contributed by atoms with Crippen molar-refractivity contribution in [2.24, 2.45) is 0 Å². The van der Waals surface area contributed by atoms with E-state index in [9.17, 15) is 9.59 Å². The molecule has 0 heterocycles. The smallest absolute Gasteiger partial charge is 0.313 e. The van der Waals surface area contributed by atoms with E-state index in [-0.39, 0.29) is 12.6 Å². The number of rotatable bonds is 5. The zero-order valence-electron chi connectivity index (χ0n) is 13.0. The Hall–Kier alpha value is -2.66. The van der Waals surface area contributed by atoms with Crippen molar-refractivity contribution in [3.8, 4) is 11.1 Å². The second kappa shape index (κ2) is 8.10. The summed E-state index contributed by atoms with van der Waals surface area (Å²) in [5.41, 5.74) is 2.38. The predicted molar refractivity (Wildman–Crippen MR) is 89.8 cm³/mol. The molecule has 2 rings (SSSR count). The molecule has 5 nitrogen and oxygen atoms in total. The Morgan fingerprint density at radius 1 is 1.00 bits per heavy atom. The van der Waals surface area contributed by atoms with E-state index < -0.39 is 11.8 Å². The van der Waals surface area contributed by atoms with Crippen molar-refractivity contribution in [2.45, 2.75) is 19.4 Å². The summed E-state index contributed by atoms with van der Waals surface area (Å²) in [6.07, 6.45) is 0.402. The van der Waals surface area contributed by atoms with Gasteiger partial charge in [-0.1, -0.05) is 48.5 Å². The van der Waals surface area contributed by atoms with Gasteiger partial charge in [0.25, 0.3) is 0 Å². The molecule has 0 bridgehead atoms. The van der Waals surface area contributed by atoms with Crippen LogP contribution in [0.4, 0.5) is 5.69 Å². The van der Waals surface area contributed by atoms with Crippen molar-refractivity contribution in [1.29, 1.82) is 0 Å². The zero-order valence-corrected chi connectivity index (χ0v) is 13.0. The summed E-state index contributed by atoms with van der Waals surface area (Å²) in [6.45, 7) is 1.69. The first-order chi connectivity index (χ1) is 11.1. The van der Waals surface area contributed by atoms with Crippen LogP contribution in [0, 0.1) is 0 Å². The third-order valence-electron chi connectivity index (χ3n) is 3.41. The van der Waals surface area contributed by atoms with Gasteiger partial charge in [0.2, 0.25) is 0 Å². The standard InChI is InChI=1S/C18H20N2O3/c1-13(11-12-21)19-17(22)18(23)20-16-10-6-5-9-15(16)14-7-3-2-4-8-14/h2-10,13,21H,11-12H2,1H3,(H,19,22)(H,20,23)/t13-/m1/s1. The van der Waals surface area contributed by atoms with Crippen molar-refractivity contribution in [1.82, 2.24) is 5.32 Å². The molecule has 0 spiro atoms. The Labute approximate surface area is 135 Å². The molecule has 0 aliphatic rings. The van der Waals surface area contributed by atoms with Crippen molar-refractivity contribution in [3.05, 3.63) is 54.6 Å². The lowest BCUT2D eigenvalue weighted by molar-refractivity contribution is -0.136. The average Bonchev–Trinajstić information content (AvgIpc) is 2.56. The van der Waals surface area contributed by atoms with E-state index in [1.807, 2.05) is 42.5 Å². The zero-order chi connectivity index (χ0) is 16.7. The number of aliphatic hydroxyl groups excluding tert-OH is 1. The molecule has 3 N–H and O–H groups in total. The SMILES string of the molecule is C[C@H](CCO)NC(=O)C(=O)Nc1ccccc1-c1ccccc1. The number of carbonyl (C=O) groups excluding carboxylic acids is 2. The van der Waals surface area contributed by atoms with Gasteiger partial charge >= 0.3 is 11.8 Å². The largest absolute Gasteiger partial charge is 0.396 e. The minimum absolute atomic E-state index is 0.0418. The molecule has 0 unspecified atom stereocenters. The number of amides is 2. The van der Waals surface area contributed by atoms with Crippen LogP contribution in [0.2, 0.25) is 0 Å². The number of aliphatic hydroxyl groups is 1. The Bertz CT molecular complexity index is 671. The van der Waals surface area contributed by atoms with Gasteiger partial charge in [-0.05, 0) is 25.0 Å². The fourth-order valence-electron chi connectivity index (χ4n) is 2.20. The van der Waals surface area contributed by atoms with Crippen LogP contribution in [0.25, 0.3) is 11.1 Å². The number of anilines is 1. The lowest BCUT2D eigenvalue weighted by Crippen LogP contribution is -2.40. The highest BCUT2D eigenvalue weighted by molar-refractivity contribution is 6.40. The first-order valence-corrected chi connectivity index (χ1v) is 7.49. The molecule has 120 valence electrons. The van der Waals surface area contributed by atoms with Gasteiger partial charge in [0.05, 0.1) is 0 Å². The predicted octanol–water partition coefficient (Wildman–Crippen LogP) is 2.18. The molecule has 0 aliphatic carbocycles. The molecule has 2 aromatic carbocycles. The number of carbonyl (C=O) groups is 2. The van der Waals surface area contributed by atoms with Crippen LogP contribution in [0.15, 0.2) is 54.6 Å². The maximum Gasteiger partial charge on any atom is 0.313 e. The van der Waals surface area contributed by atoms with Gasteiger partial charge in [-0.25, -0.2) is 0 Å². The van der Waals surface area contributed by atoms with Gasteiger partial charge in [0.1, 0.15) is 0 Å². The van der Waals surface area contributed by atoms with E-state index in [0.29, 0.717) is 12.1 Å². The Balaban J connectivity index is 2.11. The second-order valence-electron chi connectivity index (χ2n) is 5.25. The number of nitrogens with one attached hydrogen (secondary N) is 2. The van der Waals surface area contributed by atoms with Crippen LogP contribution >= 0.6 is 0 Å². The summed E-state index contributed by atoms with van der Waals surface area (Å²) in [7, 11) is 0. The lowest BCUT2D eigenvalue weighted by Gasteiger charge is -2.14. The van der Waals surface area contributed by atoms with E-state index in [0.717, 1.165) is 11.1 Å². The molecule has 2 aromatic rings.